The molecule has 2 fully saturated rings. The molecule has 4 rings (SSSR count). The number of aromatic nitrogens is 2. The van der Waals surface area contributed by atoms with Crippen molar-refractivity contribution in [3.8, 4) is 5.19 Å². The van der Waals surface area contributed by atoms with Gasteiger partial charge in [-0.1, -0.05) is 30.9 Å². The van der Waals surface area contributed by atoms with Gasteiger partial charge in [0, 0.05) is 12.6 Å². The molecule has 0 spiro atoms. The van der Waals surface area contributed by atoms with E-state index in [1.807, 2.05) is 6.07 Å². The fraction of sp³-hybridized carbons (Fsp3) is 0.667. The third-order valence-electron chi connectivity index (χ3n) is 5.49. The van der Waals surface area contributed by atoms with E-state index in [0.717, 1.165) is 36.2 Å². The molecule has 0 radical (unpaired) electrons. The van der Waals surface area contributed by atoms with Gasteiger partial charge in [0.1, 0.15) is 20.0 Å². The fourth-order valence-corrected chi connectivity index (χ4v) is 6.83. The van der Waals surface area contributed by atoms with Gasteiger partial charge in [-0.05, 0) is 44.2 Å². The van der Waals surface area contributed by atoms with Crippen LogP contribution >= 0.6 is 11.3 Å². The molecule has 3 heterocycles. The Hall–Kier alpha value is -1.38. The lowest BCUT2D eigenvalue weighted by molar-refractivity contribution is 0.0931. The van der Waals surface area contributed by atoms with Gasteiger partial charge in [0.25, 0.3) is 11.1 Å². The highest BCUT2D eigenvalue weighted by molar-refractivity contribution is 7.20. The average Bonchev–Trinajstić information content (AvgIpc) is 3.26. The van der Waals surface area contributed by atoms with Gasteiger partial charge >= 0.3 is 0 Å². The van der Waals surface area contributed by atoms with Crippen molar-refractivity contribution in [2.45, 2.75) is 69.8 Å². The highest BCUT2D eigenvalue weighted by atomic mass is 32.1. The minimum atomic E-state index is -1.28. The maximum atomic E-state index is 12.6. The van der Waals surface area contributed by atoms with Crippen molar-refractivity contribution in [2.75, 3.05) is 6.54 Å². The lowest BCUT2D eigenvalue weighted by Gasteiger charge is -2.22. The summed E-state index contributed by atoms with van der Waals surface area (Å²) in [4.78, 5) is 24.0. The quantitative estimate of drug-likeness (QED) is 0.694. The standard InChI is InChI=1S/C18H28N4O2SSi/c1-26(2)9-5-6-12(11-19-26)20-17(23)14-10-15-16(21-14)22-18(25-15)24-13-7-3-4-8-13/h10,12-13,19,21H,3-9,11H2,1-2H3,(H,20,23). The molecule has 1 unspecified atom stereocenters. The predicted octanol–water partition coefficient (Wildman–Crippen LogP) is 3.63. The molecular formula is C18H28N4O2SSi. The first-order chi connectivity index (χ1) is 12.5. The van der Waals surface area contributed by atoms with Crippen LogP contribution in [0.3, 0.4) is 0 Å². The molecular weight excluding hydrogens is 364 g/mol. The molecule has 2 aromatic rings. The van der Waals surface area contributed by atoms with Crippen molar-refractivity contribution >= 4 is 35.8 Å². The average molecular weight is 393 g/mol. The first kappa shape index (κ1) is 18.0. The Morgan fingerprint density at radius 1 is 1.31 bits per heavy atom. The number of H-pyrrole nitrogens is 1. The number of thiazole rings is 1. The monoisotopic (exact) mass is 392 g/mol. The van der Waals surface area contributed by atoms with Gasteiger partial charge in [0.15, 0.2) is 5.65 Å². The molecule has 6 nitrogen and oxygen atoms in total. The molecule has 1 aliphatic carbocycles. The van der Waals surface area contributed by atoms with Gasteiger partial charge in [-0.3, -0.25) is 4.79 Å². The van der Waals surface area contributed by atoms with Crippen LogP contribution in [0.5, 0.6) is 5.19 Å². The minimum absolute atomic E-state index is 0.0402. The Morgan fingerprint density at radius 2 is 2.12 bits per heavy atom. The van der Waals surface area contributed by atoms with Gasteiger partial charge in [-0.2, -0.15) is 4.98 Å². The van der Waals surface area contributed by atoms with E-state index in [9.17, 15) is 4.79 Å². The van der Waals surface area contributed by atoms with Crippen molar-refractivity contribution in [2.24, 2.45) is 0 Å². The van der Waals surface area contributed by atoms with Crippen LogP contribution in [0, 0.1) is 0 Å². The predicted molar refractivity (Wildman–Crippen MR) is 108 cm³/mol. The number of amides is 1. The Bertz CT molecular complexity index is 750. The number of fused-ring (bicyclic) bond motifs is 1. The normalized spacial score (nSPS) is 23.8. The summed E-state index contributed by atoms with van der Waals surface area (Å²) in [5, 5.41) is 3.89. The van der Waals surface area contributed by atoms with E-state index >= 15 is 0 Å². The molecule has 8 heteroatoms. The molecule has 1 aliphatic heterocycles. The Labute approximate surface area is 159 Å². The molecule has 0 aromatic carbocycles. The lowest BCUT2D eigenvalue weighted by Crippen LogP contribution is -2.49. The Balaban J connectivity index is 1.38. The number of carbonyl (C=O) groups is 1. The van der Waals surface area contributed by atoms with Gasteiger partial charge in [0.05, 0.1) is 4.70 Å². The van der Waals surface area contributed by atoms with E-state index in [0.29, 0.717) is 17.0 Å². The molecule has 3 N–H and O–H groups in total. The van der Waals surface area contributed by atoms with Gasteiger partial charge in [-0.15, -0.1) is 0 Å². The van der Waals surface area contributed by atoms with Crippen LogP contribution in [-0.4, -0.2) is 42.8 Å². The summed E-state index contributed by atoms with van der Waals surface area (Å²) in [7, 11) is -1.28. The summed E-state index contributed by atoms with van der Waals surface area (Å²) in [5.74, 6) is -0.0402. The van der Waals surface area contributed by atoms with Crippen molar-refractivity contribution in [1.29, 1.82) is 0 Å². The molecule has 26 heavy (non-hydrogen) atoms. The summed E-state index contributed by atoms with van der Waals surface area (Å²) in [6.45, 7) is 5.58. The maximum absolute atomic E-state index is 12.6. The molecule has 142 valence electrons. The number of carbonyl (C=O) groups excluding carboxylic acids is 1. The van der Waals surface area contributed by atoms with Gasteiger partial charge in [0.2, 0.25) is 0 Å². The van der Waals surface area contributed by atoms with Crippen LogP contribution in [0.25, 0.3) is 10.3 Å². The molecule has 1 saturated carbocycles. The first-order valence-electron chi connectivity index (χ1n) is 9.71. The van der Waals surface area contributed by atoms with Crippen molar-refractivity contribution in [1.82, 2.24) is 20.3 Å². The molecule has 1 amide bonds. The zero-order valence-corrected chi connectivity index (χ0v) is 17.4. The van der Waals surface area contributed by atoms with Crippen LogP contribution in [0.15, 0.2) is 6.07 Å². The van der Waals surface area contributed by atoms with E-state index in [2.05, 4.69) is 33.4 Å². The largest absolute Gasteiger partial charge is 0.467 e. The van der Waals surface area contributed by atoms with Gasteiger partial charge < -0.3 is 20.0 Å². The number of hydrogen-bond donors (Lipinski definition) is 3. The van der Waals surface area contributed by atoms with Crippen molar-refractivity contribution in [3.63, 3.8) is 0 Å². The SMILES string of the molecule is C[Si]1(C)CCCC(NC(=O)c2cc3sc(OC4CCCC4)nc3[nH]2)CN1. The summed E-state index contributed by atoms with van der Waals surface area (Å²) < 4.78 is 6.94. The second-order valence-electron chi connectivity index (χ2n) is 8.23. The van der Waals surface area contributed by atoms with E-state index in [4.69, 9.17) is 4.74 Å². The molecule has 1 saturated heterocycles. The van der Waals surface area contributed by atoms with Crippen molar-refractivity contribution in [3.05, 3.63) is 11.8 Å². The van der Waals surface area contributed by atoms with Gasteiger partial charge in [-0.25, -0.2) is 0 Å². The second kappa shape index (κ2) is 7.32. The highest BCUT2D eigenvalue weighted by Gasteiger charge is 2.27. The van der Waals surface area contributed by atoms with Crippen LogP contribution in [-0.2, 0) is 0 Å². The first-order valence-corrected chi connectivity index (χ1v) is 13.7. The number of nitrogens with one attached hydrogen (secondary N) is 3. The van der Waals surface area contributed by atoms with Crippen molar-refractivity contribution < 1.29 is 9.53 Å². The minimum Gasteiger partial charge on any atom is -0.467 e. The number of hydrogen-bond acceptors (Lipinski definition) is 5. The summed E-state index contributed by atoms with van der Waals surface area (Å²) >= 11 is 1.52. The summed E-state index contributed by atoms with van der Waals surface area (Å²) in [5.41, 5.74) is 1.34. The van der Waals surface area contributed by atoms with Crippen LogP contribution in [0.2, 0.25) is 19.1 Å². The lowest BCUT2D eigenvalue weighted by atomic mass is 10.1. The van der Waals surface area contributed by atoms with E-state index < -0.39 is 8.24 Å². The van der Waals surface area contributed by atoms with E-state index in [-0.39, 0.29) is 11.9 Å². The summed E-state index contributed by atoms with van der Waals surface area (Å²) in [6.07, 6.45) is 7.26. The third-order valence-corrected chi connectivity index (χ3v) is 9.15. The molecule has 2 aromatic heterocycles. The molecule has 0 bridgehead atoms. The van der Waals surface area contributed by atoms with Crippen LogP contribution in [0.1, 0.15) is 49.0 Å². The zero-order chi connectivity index (χ0) is 18.1. The maximum Gasteiger partial charge on any atom is 0.276 e. The highest BCUT2D eigenvalue weighted by Crippen LogP contribution is 2.31. The zero-order valence-electron chi connectivity index (χ0n) is 15.6. The number of rotatable bonds is 4. The molecule has 1 atom stereocenters. The topological polar surface area (TPSA) is 79.0 Å². The number of aromatic amines is 1. The van der Waals surface area contributed by atoms with E-state index in [1.54, 1.807) is 0 Å². The number of nitrogens with zero attached hydrogens (tertiary/aromatic N) is 1. The Morgan fingerprint density at radius 3 is 2.88 bits per heavy atom. The third kappa shape index (κ3) is 4.13. The Kier molecular flexibility index (Phi) is 5.07. The number of ether oxygens (including phenoxy) is 1. The van der Waals surface area contributed by atoms with Crippen LogP contribution < -0.4 is 15.0 Å². The summed E-state index contributed by atoms with van der Waals surface area (Å²) in [6, 6.07) is 3.37. The fourth-order valence-electron chi connectivity index (χ4n) is 3.88. The second-order valence-corrected chi connectivity index (χ2v) is 13.8. The van der Waals surface area contributed by atoms with Crippen LogP contribution in [0.4, 0.5) is 0 Å². The smallest absolute Gasteiger partial charge is 0.276 e. The molecule has 2 aliphatic rings. The van der Waals surface area contributed by atoms with E-state index in [1.165, 1.54) is 36.6 Å².